The predicted molar refractivity (Wildman–Crippen MR) is 56.5 cm³/mol. The first kappa shape index (κ1) is 13.1. The minimum atomic E-state index is -1.24. The van der Waals surface area contributed by atoms with E-state index >= 15 is 0 Å². The summed E-state index contributed by atoms with van der Waals surface area (Å²) in [5.41, 5.74) is -0.202. The maximum absolute atomic E-state index is 13.1. The SMILES string of the molecule is CC(=O)NCCC#Cc1cc(F)c(F)cc1F. The lowest BCUT2D eigenvalue weighted by Crippen LogP contribution is -2.20. The lowest BCUT2D eigenvalue weighted by atomic mass is 10.2. The number of hydrogen-bond donors (Lipinski definition) is 1. The van der Waals surface area contributed by atoms with Crippen LogP contribution in [-0.4, -0.2) is 12.5 Å². The molecule has 0 aromatic heterocycles. The van der Waals surface area contributed by atoms with Crippen LogP contribution in [0.15, 0.2) is 12.1 Å². The van der Waals surface area contributed by atoms with Crippen molar-refractivity contribution < 1.29 is 18.0 Å². The van der Waals surface area contributed by atoms with E-state index in [0.29, 0.717) is 25.1 Å². The van der Waals surface area contributed by atoms with Crippen LogP contribution in [-0.2, 0) is 4.79 Å². The summed E-state index contributed by atoms with van der Waals surface area (Å²) in [6, 6.07) is 1.16. The molecule has 0 radical (unpaired) electrons. The third-order valence-electron chi connectivity index (χ3n) is 1.86. The van der Waals surface area contributed by atoms with Gasteiger partial charge in [-0.2, -0.15) is 0 Å². The second kappa shape index (κ2) is 5.94. The van der Waals surface area contributed by atoms with E-state index in [1.54, 1.807) is 0 Å². The van der Waals surface area contributed by atoms with Crippen LogP contribution in [0.4, 0.5) is 13.2 Å². The van der Waals surface area contributed by atoms with Crippen LogP contribution in [0.25, 0.3) is 0 Å². The number of hydrogen-bond acceptors (Lipinski definition) is 1. The summed E-state index contributed by atoms with van der Waals surface area (Å²) in [6.45, 7) is 1.69. The topological polar surface area (TPSA) is 29.1 Å². The molecule has 5 heteroatoms. The van der Waals surface area contributed by atoms with Gasteiger partial charge in [-0.05, 0) is 6.07 Å². The van der Waals surface area contributed by atoms with Crippen LogP contribution >= 0.6 is 0 Å². The number of amides is 1. The van der Waals surface area contributed by atoms with E-state index in [9.17, 15) is 18.0 Å². The second-order valence-electron chi connectivity index (χ2n) is 3.28. The zero-order valence-corrected chi connectivity index (χ0v) is 9.11. The summed E-state index contributed by atoms with van der Waals surface area (Å²) >= 11 is 0. The molecular weight excluding hydrogens is 231 g/mol. The molecule has 0 fully saturated rings. The van der Waals surface area contributed by atoms with Crippen molar-refractivity contribution in [1.29, 1.82) is 0 Å². The van der Waals surface area contributed by atoms with Crippen molar-refractivity contribution in [3.8, 4) is 11.8 Å². The third-order valence-corrected chi connectivity index (χ3v) is 1.86. The van der Waals surface area contributed by atoms with Gasteiger partial charge >= 0.3 is 0 Å². The highest BCUT2D eigenvalue weighted by molar-refractivity contribution is 5.72. The highest BCUT2D eigenvalue weighted by atomic mass is 19.2. The van der Waals surface area contributed by atoms with Gasteiger partial charge in [-0.1, -0.05) is 11.8 Å². The van der Waals surface area contributed by atoms with Gasteiger partial charge in [-0.25, -0.2) is 13.2 Å². The number of benzene rings is 1. The molecule has 0 spiro atoms. The van der Waals surface area contributed by atoms with Crippen LogP contribution in [0.1, 0.15) is 18.9 Å². The molecule has 0 aliphatic rings. The molecule has 1 N–H and O–H groups in total. The van der Waals surface area contributed by atoms with Crippen LogP contribution in [0.3, 0.4) is 0 Å². The summed E-state index contributed by atoms with van der Waals surface area (Å²) in [7, 11) is 0. The van der Waals surface area contributed by atoms with Crippen molar-refractivity contribution in [2.45, 2.75) is 13.3 Å². The Kier molecular flexibility index (Phi) is 4.58. The maximum Gasteiger partial charge on any atom is 0.216 e. The third kappa shape index (κ3) is 4.19. The molecular formula is C12H10F3NO. The molecule has 1 aromatic carbocycles. The van der Waals surface area contributed by atoms with Gasteiger partial charge < -0.3 is 5.32 Å². The summed E-state index contributed by atoms with van der Waals surface area (Å²) in [4.78, 5) is 10.5. The summed E-state index contributed by atoms with van der Waals surface area (Å²) in [5, 5.41) is 2.50. The molecule has 0 saturated carbocycles. The molecule has 0 aliphatic carbocycles. The lowest BCUT2D eigenvalue weighted by Gasteiger charge is -1.97. The first-order chi connectivity index (χ1) is 8.00. The number of nitrogens with one attached hydrogen (secondary N) is 1. The van der Waals surface area contributed by atoms with E-state index in [0.717, 1.165) is 0 Å². The molecule has 90 valence electrons. The van der Waals surface area contributed by atoms with Gasteiger partial charge in [0.25, 0.3) is 0 Å². The molecule has 1 amide bonds. The van der Waals surface area contributed by atoms with E-state index in [-0.39, 0.29) is 11.5 Å². The first-order valence-electron chi connectivity index (χ1n) is 4.88. The molecule has 0 heterocycles. The Morgan fingerprint density at radius 3 is 2.53 bits per heavy atom. The number of halogens is 3. The van der Waals surface area contributed by atoms with Gasteiger partial charge in [0.1, 0.15) is 5.82 Å². The smallest absolute Gasteiger partial charge is 0.216 e. The number of rotatable bonds is 2. The molecule has 17 heavy (non-hydrogen) atoms. The highest BCUT2D eigenvalue weighted by Crippen LogP contribution is 2.12. The predicted octanol–water partition coefficient (Wildman–Crippen LogP) is 1.98. The van der Waals surface area contributed by atoms with Gasteiger partial charge in [0, 0.05) is 26.0 Å². The maximum atomic E-state index is 13.1. The van der Waals surface area contributed by atoms with Gasteiger partial charge in [-0.3, -0.25) is 4.79 Å². The average Bonchev–Trinajstić information content (AvgIpc) is 2.24. The Bertz CT molecular complexity index is 489. The normalized spacial score (nSPS) is 9.41. The highest BCUT2D eigenvalue weighted by Gasteiger charge is 2.07. The molecule has 0 saturated heterocycles. The zero-order chi connectivity index (χ0) is 12.8. The summed E-state index contributed by atoms with van der Waals surface area (Å²) in [5.74, 6) is 1.44. The van der Waals surface area contributed by atoms with E-state index in [2.05, 4.69) is 17.2 Å². The van der Waals surface area contributed by atoms with Crippen LogP contribution in [0.2, 0.25) is 0 Å². The second-order valence-corrected chi connectivity index (χ2v) is 3.28. The van der Waals surface area contributed by atoms with Crippen molar-refractivity contribution in [3.63, 3.8) is 0 Å². The van der Waals surface area contributed by atoms with Crippen molar-refractivity contribution in [2.24, 2.45) is 0 Å². The molecule has 1 aromatic rings. The molecule has 2 nitrogen and oxygen atoms in total. The molecule has 1 rings (SSSR count). The fourth-order valence-electron chi connectivity index (χ4n) is 1.08. The van der Waals surface area contributed by atoms with Crippen LogP contribution < -0.4 is 5.32 Å². The van der Waals surface area contributed by atoms with E-state index < -0.39 is 17.5 Å². The fraction of sp³-hybridized carbons (Fsp3) is 0.250. The van der Waals surface area contributed by atoms with Crippen LogP contribution in [0.5, 0.6) is 0 Å². The van der Waals surface area contributed by atoms with Crippen molar-refractivity contribution in [2.75, 3.05) is 6.54 Å². The minimum absolute atomic E-state index is 0.189. The van der Waals surface area contributed by atoms with Crippen molar-refractivity contribution >= 4 is 5.91 Å². The van der Waals surface area contributed by atoms with E-state index in [1.165, 1.54) is 6.92 Å². The molecule has 0 atom stereocenters. The van der Waals surface area contributed by atoms with E-state index in [1.807, 2.05) is 0 Å². The Hall–Kier alpha value is -1.96. The zero-order valence-electron chi connectivity index (χ0n) is 9.11. The number of carbonyl (C=O) groups excluding carboxylic acids is 1. The Morgan fingerprint density at radius 1 is 1.24 bits per heavy atom. The van der Waals surface area contributed by atoms with Crippen LogP contribution in [0, 0.1) is 29.3 Å². The summed E-state index contributed by atoms with van der Waals surface area (Å²) < 4.78 is 38.4. The van der Waals surface area contributed by atoms with Gasteiger partial charge in [0.15, 0.2) is 11.6 Å². The molecule has 0 bridgehead atoms. The van der Waals surface area contributed by atoms with Gasteiger partial charge in [0.2, 0.25) is 5.91 Å². The van der Waals surface area contributed by atoms with Crippen molar-refractivity contribution in [3.05, 3.63) is 35.1 Å². The average molecular weight is 241 g/mol. The first-order valence-corrected chi connectivity index (χ1v) is 4.88. The lowest BCUT2D eigenvalue weighted by molar-refractivity contribution is -0.118. The fourth-order valence-corrected chi connectivity index (χ4v) is 1.08. The standard InChI is InChI=1S/C12H10F3NO/c1-8(17)16-5-3-2-4-9-6-11(14)12(15)7-10(9)13/h6-7H,3,5H2,1H3,(H,16,17). The Balaban J connectivity index is 2.66. The van der Waals surface area contributed by atoms with Crippen molar-refractivity contribution in [1.82, 2.24) is 5.32 Å². The van der Waals surface area contributed by atoms with Gasteiger partial charge in [-0.15, -0.1) is 0 Å². The number of carbonyl (C=O) groups is 1. The minimum Gasteiger partial charge on any atom is -0.355 e. The molecule has 0 aliphatic heterocycles. The van der Waals surface area contributed by atoms with Gasteiger partial charge in [0.05, 0.1) is 5.56 Å². The quantitative estimate of drug-likeness (QED) is 0.479. The Labute approximate surface area is 96.8 Å². The van der Waals surface area contributed by atoms with E-state index in [4.69, 9.17) is 0 Å². The monoisotopic (exact) mass is 241 g/mol. The largest absolute Gasteiger partial charge is 0.355 e. The summed E-state index contributed by atoms with van der Waals surface area (Å²) in [6.07, 6.45) is 0.304. The molecule has 0 unspecified atom stereocenters. The Morgan fingerprint density at radius 2 is 1.88 bits per heavy atom.